The fourth-order valence-corrected chi connectivity index (χ4v) is 0.980. The first-order valence-corrected chi connectivity index (χ1v) is 4.82. The third-order valence-corrected chi connectivity index (χ3v) is 1.75. The van der Waals surface area contributed by atoms with Crippen molar-refractivity contribution in [3.63, 3.8) is 0 Å². The summed E-state index contributed by atoms with van der Waals surface area (Å²) in [5, 5.41) is 4.93. The van der Waals surface area contributed by atoms with E-state index >= 15 is 0 Å². The standard InChI is InChI=1S/C10H14N2O3/c1-2-5-11-9(13)10(14)12-7-8-4-3-6-15-8/h3-4,6H,2,5,7H2,1H3,(H,11,13)(H,12,14). The number of rotatable bonds is 4. The summed E-state index contributed by atoms with van der Waals surface area (Å²) in [6.07, 6.45) is 2.32. The lowest BCUT2D eigenvalue weighted by Gasteiger charge is -2.03. The first-order valence-electron chi connectivity index (χ1n) is 4.82. The lowest BCUT2D eigenvalue weighted by atomic mass is 10.4. The van der Waals surface area contributed by atoms with Gasteiger partial charge in [-0.2, -0.15) is 0 Å². The maximum absolute atomic E-state index is 11.2. The first-order chi connectivity index (χ1) is 7.24. The molecule has 0 spiro atoms. The Kier molecular flexibility index (Phi) is 4.40. The topological polar surface area (TPSA) is 71.3 Å². The quantitative estimate of drug-likeness (QED) is 0.707. The Morgan fingerprint density at radius 3 is 2.67 bits per heavy atom. The summed E-state index contributed by atoms with van der Waals surface area (Å²) in [5.41, 5.74) is 0. The first kappa shape index (κ1) is 11.3. The van der Waals surface area contributed by atoms with Gasteiger partial charge in [-0.3, -0.25) is 9.59 Å². The third-order valence-electron chi connectivity index (χ3n) is 1.75. The SMILES string of the molecule is CCCNC(=O)C(=O)NCc1ccco1. The second-order valence-electron chi connectivity index (χ2n) is 3.02. The molecule has 0 aliphatic carbocycles. The van der Waals surface area contributed by atoms with Crippen LogP contribution in [-0.2, 0) is 16.1 Å². The van der Waals surface area contributed by atoms with Crippen molar-refractivity contribution in [3.8, 4) is 0 Å². The van der Waals surface area contributed by atoms with Gasteiger partial charge in [0.2, 0.25) is 0 Å². The summed E-state index contributed by atoms with van der Waals surface area (Å²) in [7, 11) is 0. The van der Waals surface area contributed by atoms with E-state index in [1.807, 2.05) is 6.92 Å². The second kappa shape index (κ2) is 5.85. The van der Waals surface area contributed by atoms with Crippen LogP contribution in [0.5, 0.6) is 0 Å². The van der Waals surface area contributed by atoms with Crippen LogP contribution in [0.1, 0.15) is 19.1 Å². The highest BCUT2D eigenvalue weighted by Gasteiger charge is 2.11. The lowest BCUT2D eigenvalue weighted by molar-refractivity contribution is -0.139. The second-order valence-corrected chi connectivity index (χ2v) is 3.02. The number of carbonyl (C=O) groups excluding carboxylic acids is 2. The maximum Gasteiger partial charge on any atom is 0.309 e. The summed E-state index contributed by atoms with van der Waals surface area (Å²) in [6, 6.07) is 3.45. The summed E-state index contributed by atoms with van der Waals surface area (Å²) in [6.45, 7) is 2.65. The lowest BCUT2D eigenvalue weighted by Crippen LogP contribution is -2.39. The molecule has 2 amide bonds. The molecule has 0 unspecified atom stereocenters. The molecular weight excluding hydrogens is 196 g/mol. The van der Waals surface area contributed by atoms with Crippen LogP contribution in [0, 0.1) is 0 Å². The molecule has 1 aromatic heterocycles. The minimum atomic E-state index is -0.639. The van der Waals surface area contributed by atoms with Gasteiger partial charge in [0.1, 0.15) is 5.76 Å². The number of nitrogens with one attached hydrogen (secondary N) is 2. The summed E-state index contributed by atoms with van der Waals surface area (Å²) < 4.78 is 5.00. The predicted molar refractivity (Wildman–Crippen MR) is 53.9 cm³/mol. The Morgan fingerprint density at radius 2 is 2.07 bits per heavy atom. The zero-order valence-electron chi connectivity index (χ0n) is 8.58. The van der Waals surface area contributed by atoms with Gasteiger partial charge >= 0.3 is 11.8 Å². The molecule has 0 fully saturated rings. The molecule has 0 aromatic carbocycles. The zero-order chi connectivity index (χ0) is 11.1. The molecule has 1 heterocycles. The van der Waals surface area contributed by atoms with Gasteiger partial charge in [-0.1, -0.05) is 6.92 Å². The minimum absolute atomic E-state index is 0.228. The molecule has 0 atom stereocenters. The molecule has 5 nitrogen and oxygen atoms in total. The van der Waals surface area contributed by atoms with E-state index in [1.165, 1.54) is 6.26 Å². The van der Waals surface area contributed by atoms with Crippen LogP contribution in [0.3, 0.4) is 0 Å². The summed E-state index contributed by atoms with van der Waals surface area (Å²) >= 11 is 0. The average Bonchev–Trinajstić information content (AvgIpc) is 2.75. The number of furan rings is 1. The number of amides is 2. The number of hydrogen-bond acceptors (Lipinski definition) is 3. The minimum Gasteiger partial charge on any atom is -0.467 e. The van der Waals surface area contributed by atoms with E-state index in [0.717, 1.165) is 6.42 Å². The summed E-state index contributed by atoms with van der Waals surface area (Å²) in [4.78, 5) is 22.3. The monoisotopic (exact) mass is 210 g/mol. The smallest absolute Gasteiger partial charge is 0.309 e. The fourth-order valence-electron chi connectivity index (χ4n) is 0.980. The molecule has 0 aliphatic heterocycles. The van der Waals surface area contributed by atoms with Crippen molar-refractivity contribution in [2.24, 2.45) is 0 Å². The van der Waals surface area contributed by atoms with Gasteiger partial charge in [-0.25, -0.2) is 0 Å². The van der Waals surface area contributed by atoms with E-state index < -0.39 is 11.8 Å². The molecule has 1 rings (SSSR count). The highest BCUT2D eigenvalue weighted by Crippen LogP contribution is 1.97. The van der Waals surface area contributed by atoms with Crippen molar-refractivity contribution in [2.45, 2.75) is 19.9 Å². The molecule has 0 bridgehead atoms. The van der Waals surface area contributed by atoms with E-state index in [4.69, 9.17) is 4.42 Å². The van der Waals surface area contributed by atoms with Gasteiger partial charge in [-0.05, 0) is 18.6 Å². The average molecular weight is 210 g/mol. The molecule has 1 aromatic rings. The van der Waals surface area contributed by atoms with Crippen LogP contribution < -0.4 is 10.6 Å². The highest BCUT2D eigenvalue weighted by atomic mass is 16.3. The van der Waals surface area contributed by atoms with Crippen LogP contribution in [0.15, 0.2) is 22.8 Å². The molecular formula is C10H14N2O3. The van der Waals surface area contributed by atoms with Crippen molar-refractivity contribution in [1.29, 1.82) is 0 Å². The van der Waals surface area contributed by atoms with E-state index in [9.17, 15) is 9.59 Å². The van der Waals surface area contributed by atoms with Gasteiger partial charge in [0.05, 0.1) is 12.8 Å². The Balaban J connectivity index is 2.26. The van der Waals surface area contributed by atoms with Gasteiger partial charge in [0.15, 0.2) is 0 Å². The highest BCUT2D eigenvalue weighted by molar-refractivity contribution is 6.35. The molecule has 5 heteroatoms. The van der Waals surface area contributed by atoms with Crippen molar-refractivity contribution < 1.29 is 14.0 Å². The predicted octanol–water partition coefficient (Wildman–Crippen LogP) is 0.422. The van der Waals surface area contributed by atoms with Gasteiger partial charge in [0, 0.05) is 6.54 Å². The number of carbonyl (C=O) groups is 2. The van der Waals surface area contributed by atoms with Crippen LogP contribution in [0.2, 0.25) is 0 Å². The summed E-state index contributed by atoms with van der Waals surface area (Å²) in [5.74, 6) is -0.630. The Labute approximate surface area is 87.8 Å². The van der Waals surface area contributed by atoms with Crippen molar-refractivity contribution in [1.82, 2.24) is 10.6 Å². The Hall–Kier alpha value is -1.78. The van der Waals surface area contributed by atoms with E-state index in [-0.39, 0.29) is 6.54 Å². The molecule has 0 radical (unpaired) electrons. The van der Waals surface area contributed by atoms with Crippen LogP contribution in [0.4, 0.5) is 0 Å². The van der Waals surface area contributed by atoms with Gasteiger partial charge in [0.25, 0.3) is 0 Å². The van der Waals surface area contributed by atoms with Crippen molar-refractivity contribution in [3.05, 3.63) is 24.2 Å². The van der Waals surface area contributed by atoms with Crippen molar-refractivity contribution in [2.75, 3.05) is 6.54 Å². The largest absolute Gasteiger partial charge is 0.467 e. The van der Waals surface area contributed by atoms with Crippen LogP contribution in [0.25, 0.3) is 0 Å². The normalized spacial score (nSPS) is 9.67. The van der Waals surface area contributed by atoms with Crippen LogP contribution >= 0.6 is 0 Å². The third kappa shape index (κ3) is 3.84. The molecule has 0 saturated carbocycles. The Bertz CT molecular complexity index is 319. The van der Waals surface area contributed by atoms with Gasteiger partial charge < -0.3 is 15.1 Å². The van der Waals surface area contributed by atoms with Gasteiger partial charge in [-0.15, -0.1) is 0 Å². The zero-order valence-corrected chi connectivity index (χ0v) is 8.58. The molecule has 2 N–H and O–H groups in total. The Morgan fingerprint density at radius 1 is 1.33 bits per heavy atom. The fraction of sp³-hybridized carbons (Fsp3) is 0.400. The molecule has 0 saturated heterocycles. The van der Waals surface area contributed by atoms with E-state index in [2.05, 4.69) is 10.6 Å². The van der Waals surface area contributed by atoms with E-state index in [0.29, 0.717) is 12.3 Å². The maximum atomic E-state index is 11.2. The molecule has 15 heavy (non-hydrogen) atoms. The van der Waals surface area contributed by atoms with E-state index in [1.54, 1.807) is 12.1 Å². The molecule has 0 aliphatic rings. The van der Waals surface area contributed by atoms with Crippen LogP contribution in [-0.4, -0.2) is 18.4 Å². The molecule has 82 valence electrons. The number of hydrogen-bond donors (Lipinski definition) is 2. The van der Waals surface area contributed by atoms with Crippen molar-refractivity contribution >= 4 is 11.8 Å².